The van der Waals surface area contributed by atoms with Gasteiger partial charge in [0.1, 0.15) is 5.78 Å². The predicted octanol–water partition coefficient (Wildman–Crippen LogP) is 2.27. The minimum Gasteiger partial charge on any atom is -0.382 e. The summed E-state index contributed by atoms with van der Waals surface area (Å²) in [5, 5.41) is 0. The van der Waals surface area contributed by atoms with E-state index in [9.17, 15) is 4.79 Å². The fourth-order valence-corrected chi connectivity index (χ4v) is 0.204. The van der Waals surface area contributed by atoms with Crippen LogP contribution in [-0.2, 0) is 9.53 Å². The van der Waals surface area contributed by atoms with Gasteiger partial charge in [0.05, 0.1) is 0 Å². The van der Waals surface area contributed by atoms with E-state index >= 15 is 0 Å². The first kappa shape index (κ1) is 13.2. The zero-order valence-electron chi connectivity index (χ0n) is 8.31. The Hall–Kier alpha value is -0.370. The van der Waals surface area contributed by atoms with E-state index in [0.717, 1.165) is 13.2 Å². The molecule has 0 unspecified atom stereocenters. The summed E-state index contributed by atoms with van der Waals surface area (Å²) in [5.74, 6) is 0.472. The van der Waals surface area contributed by atoms with Crippen LogP contribution >= 0.6 is 0 Å². The van der Waals surface area contributed by atoms with Gasteiger partial charge in [-0.3, -0.25) is 4.79 Å². The molecule has 2 nitrogen and oxygen atoms in total. The van der Waals surface area contributed by atoms with Crippen molar-refractivity contribution in [3.8, 4) is 0 Å². The van der Waals surface area contributed by atoms with Crippen LogP contribution in [0.1, 0.15) is 34.6 Å². The van der Waals surface area contributed by atoms with Crippen molar-refractivity contribution in [2.75, 3.05) is 13.2 Å². The lowest BCUT2D eigenvalue weighted by Gasteiger charge is -1.90. The molecule has 0 N–H and O–H groups in total. The van der Waals surface area contributed by atoms with Crippen LogP contribution in [0.4, 0.5) is 0 Å². The maximum atomic E-state index is 10.1. The molecule has 0 spiro atoms. The van der Waals surface area contributed by atoms with Crippen LogP contribution in [0.2, 0.25) is 0 Å². The molecule has 0 aliphatic carbocycles. The number of hydrogen-bond acceptors (Lipinski definition) is 2. The van der Waals surface area contributed by atoms with Crippen LogP contribution in [0.25, 0.3) is 0 Å². The molecule has 0 aliphatic heterocycles. The number of ether oxygens (including phenoxy) is 1. The lowest BCUT2D eigenvalue weighted by molar-refractivity contribution is -0.119. The molecule has 0 aliphatic rings. The van der Waals surface area contributed by atoms with E-state index in [-0.39, 0.29) is 11.7 Å². The SMILES string of the molecule is CC(=O)C(C)C.CCOCC. The van der Waals surface area contributed by atoms with E-state index < -0.39 is 0 Å². The first-order chi connectivity index (χ1) is 5.06. The lowest BCUT2D eigenvalue weighted by Crippen LogP contribution is -1.98. The molecule has 0 fully saturated rings. The minimum absolute atomic E-state index is 0.213. The highest BCUT2D eigenvalue weighted by Crippen LogP contribution is 1.89. The van der Waals surface area contributed by atoms with Crippen LogP contribution in [0, 0.1) is 5.92 Å². The smallest absolute Gasteiger partial charge is 0.132 e. The van der Waals surface area contributed by atoms with Crippen LogP contribution in [0.3, 0.4) is 0 Å². The third-order valence-electron chi connectivity index (χ3n) is 1.22. The van der Waals surface area contributed by atoms with Gasteiger partial charge in [0.25, 0.3) is 0 Å². The Balaban J connectivity index is 0. The normalized spacial score (nSPS) is 8.91. The van der Waals surface area contributed by atoms with E-state index in [4.69, 9.17) is 4.74 Å². The minimum atomic E-state index is 0.213. The van der Waals surface area contributed by atoms with Gasteiger partial charge in [-0.05, 0) is 20.8 Å². The fraction of sp³-hybridized carbons (Fsp3) is 0.889. The molecule has 0 heterocycles. The Bertz CT molecular complexity index is 85.6. The summed E-state index contributed by atoms with van der Waals surface area (Å²) >= 11 is 0. The molecule has 0 aromatic heterocycles. The largest absolute Gasteiger partial charge is 0.382 e. The fourth-order valence-electron chi connectivity index (χ4n) is 0.204. The van der Waals surface area contributed by atoms with Crippen molar-refractivity contribution in [3.63, 3.8) is 0 Å². The number of Topliss-reactive ketones (excluding diaryl/α,β-unsaturated/α-hetero) is 1. The number of carbonyl (C=O) groups excluding carboxylic acids is 1. The summed E-state index contributed by atoms with van der Waals surface area (Å²) in [6, 6.07) is 0. The molecule has 0 aromatic carbocycles. The average Bonchev–Trinajstić information content (AvgIpc) is 1.90. The molecule has 0 radical (unpaired) electrons. The Kier molecular flexibility index (Phi) is 11.6. The highest BCUT2D eigenvalue weighted by atomic mass is 16.5. The number of carbonyl (C=O) groups is 1. The summed E-state index contributed by atoms with van der Waals surface area (Å²) in [6.07, 6.45) is 0. The van der Waals surface area contributed by atoms with Gasteiger partial charge in [-0.2, -0.15) is 0 Å². The standard InChI is InChI=1S/C5H10O.C4H10O/c1-4(2)5(3)6;1-3-5-4-2/h4H,1-3H3;3-4H2,1-2H3. The number of ketones is 1. The zero-order valence-corrected chi connectivity index (χ0v) is 8.31. The van der Waals surface area contributed by atoms with Gasteiger partial charge in [-0.25, -0.2) is 0 Å². The maximum absolute atomic E-state index is 10.1. The summed E-state index contributed by atoms with van der Waals surface area (Å²) < 4.78 is 4.83. The summed E-state index contributed by atoms with van der Waals surface area (Å²) in [4.78, 5) is 10.1. The number of hydrogen-bond donors (Lipinski definition) is 0. The topological polar surface area (TPSA) is 26.3 Å². The zero-order chi connectivity index (χ0) is 9.28. The Morgan fingerprint density at radius 2 is 1.55 bits per heavy atom. The number of rotatable bonds is 3. The quantitative estimate of drug-likeness (QED) is 0.633. The Labute approximate surface area is 69.9 Å². The second-order valence-electron chi connectivity index (χ2n) is 2.55. The van der Waals surface area contributed by atoms with Gasteiger partial charge in [0.2, 0.25) is 0 Å². The Morgan fingerprint density at radius 3 is 1.55 bits per heavy atom. The molecular weight excluding hydrogens is 140 g/mol. The summed E-state index contributed by atoms with van der Waals surface area (Å²) in [6.45, 7) is 11.1. The molecule has 0 amide bonds. The van der Waals surface area contributed by atoms with E-state index in [1.807, 2.05) is 27.7 Å². The van der Waals surface area contributed by atoms with Gasteiger partial charge in [-0.1, -0.05) is 13.8 Å². The van der Waals surface area contributed by atoms with Gasteiger partial charge in [-0.15, -0.1) is 0 Å². The van der Waals surface area contributed by atoms with Crippen molar-refractivity contribution in [1.82, 2.24) is 0 Å². The highest BCUT2D eigenvalue weighted by molar-refractivity contribution is 5.77. The molecule has 11 heavy (non-hydrogen) atoms. The van der Waals surface area contributed by atoms with Gasteiger partial charge in [0.15, 0.2) is 0 Å². The molecule has 0 rings (SSSR count). The molecular formula is C9H20O2. The predicted molar refractivity (Wildman–Crippen MR) is 47.7 cm³/mol. The van der Waals surface area contributed by atoms with Crippen molar-refractivity contribution in [1.29, 1.82) is 0 Å². The van der Waals surface area contributed by atoms with E-state index in [1.54, 1.807) is 6.92 Å². The first-order valence-corrected chi connectivity index (χ1v) is 4.14. The average molecular weight is 160 g/mol. The van der Waals surface area contributed by atoms with Gasteiger partial charge in [0, 0.05) is 19.1 Å². The van der Waals surface area contributed by atoms with Crippen LogP contribution in [0.15, 0.2) is 0 Å². The van der Waals surface area contributed by atoms with Crippen LogP contribution in [-0.4, -0.2) is 19.0 Å². The molecule has 0 bridgehead atoms. The monoisotopic (exact) mass is 160 g/mol. The van der Waals surface area contributed by atoms with Gasteiger partial charge < -0.3 is 4.74 Å². The van der Waals surface area contributed by atoms with E-state index in [2.05, 4.69) is 0 Å². The second kappa shape index (κ2) is 9.63. The van der Waals surface area contributed by atoms with Gasteiger partial charge >= 0.3 is 0 Å². The maximum Gasteiger partial charge on any atom is 0.132 e. The van der Waals surface area contributed by atoms with E-state index in [0.29, 0.717) is 0 Å². The van der Waals surface area contributed by atoms with Crippen molar-refractivity contribution < 1.29 is 9.53 Å². The molecule has 68 valence electrons. The van der Waals surface area contributed by atoms with Crippen molar-refractivity contribution in [3.05, 3.63) is 0 Å². The summed E-state index contributed by atoms with van der Waals surface area (Å²) in [7, 11) is 0. The third-order valence-corrected chi connectivity index (χ3v) is 1.22. The summed E-state index contributed by atoms with van der Waals surface area (Å²) in [5.41, 5.74) is 0. The second-order valence-corrected chi connectivity index (χ2v) is 2.55. The molecule has 2 heteroatoms. The molecule has 0 atom stereocenters. The van der Waals surface area contributed by atoms with Crippen molar-refractivity contribution in [2.45, 2.75) is 34.6 Å². The van der Waals surface area contributed by atoms with Crippen molar-refractivity contribution in [2.24, 2.45) is 5.92 Å². The molecule has 0 aromatic rings. The lowest BCUT2D eigenvalue weighted by atomic mass is 10.1. The third kappa shape index (κ3) is 17.7. The highest BCUT2D eigenvalue weighted by Gasteiger charge is 1.95. The van der Waals surface area contributed by atoms with E-state index in [1.165, 1.54) is 0 Å². The first-order valence-electron chi connectivity index (χ1n) is 4.14. The molecule has 0 saturated carbocycles. The van der Waals surface area contributed by atoms with Crippen LogP contribution < -0.4 is 0 Å². The van der Waals surface area contributed by atoms with Crippen LogP contribution in [0.5, 0.6) is 0 Å². The van der Waals surface area contributed by atoms with Crippen molar-refractivity contribution >= 4 is 5.78 Å². The Morgan fingerprint density at radius 1 is 1.27 bits per heavy atom. The molecule has 0 saturated heterocycles.